The molecule has 94 valence electrons. The van der Waals surface area contributed by atoms with E-state index in [1.54, 1.807) is 0 Å². The predicted octanol–water partition coefficient (Wildman–Crippen LogP) is 3.12. The summed E-state index contributed by atoms with van der Waals surface area (Å²) in [4.78, 5) is 0. The van der Waals surface area contributed by atoms with E-state index in [0.29, 0.717) is 0 Å². The maximum atomic E-state index is 9.59. The van der Waals surface area contributed by atoms with Crippen LogP contribution in [-0.2, 0) is 6.54 Å². The SMILES string of the molecule is OCC1(NCc2ccccc2Cl)CCCCC1. The van der Waals surface area contributed by atoms with Crippen LogP contribution in [0.2, 0.25) is 5.02 Å². The number of hydrogen-bond donors (Lipinski definition) is 2. The van der Waals surface area contributed by atoms with Gasteiger partial charge in [-0.05, 0) is 24.5 Å². The summed E-state index contributed by atoms with van der Waals surface area (Å²) in [6.07, 6.45) is 5.82. The third-order valence-electron chi connectivity index (χ3n) is 3.73. The molecular formula is C14H20ClNO. The largest absolute Gasteiger partial charge is 0.394 e. The van der Waals surface area contributed by atoms with Crippen molar-refractivity contribution in [2.75, 3.05) is 6.61 Å². The maximum absolute atomic E-state index is 9.59. The molecule has 0 radical (unpaired) electrons. The van der Waals surface area contributed by atoms with Crippen molar-refractivity contribution in [3.05, 3.63) is 34.9 Å². The summed E-state index contributed by atoms with van der Waals surface area (Å²) in [5, 5.41) is 13.9. The quantitative estimate of drug-likeness (QED) is 0.864. The molecule has 3 heteroatoms. The Bertz CT molecular complexity index is 361. The lowest BCUT2D eigenvalue weighted by Crippen LogP contribution is -2.49. The first-order chi connectivity index (χ1) is 8.26. The van der Waals surface area contributed by atoms with Gasteiger partial charge >= 0.3 is 0 Å². The molecule has 0 bridgehead atoms. The van der Waals surface area contributed by atoms with Gasteiger partial charge in [-0.25, -0.2) is 0 Å². The second kappa shape index (κ2) is 5.85. The molecule has 1 aliphatic carbocycles. The summed E-state index contributed by atoms with van der Waals surface area (Å²) < 4.78 is 0. The predicted molar refractivity (Wildman–Crippen MR) is 71.2 cm³/mol. The Balaban J connectivity index is 1.98. The molecule has 0 spiro atoms. The Morgan fingerprint density at radius 3 is 2.53 bits per heavy atom. The molecule has 1 fully saturated rings. The zero-order valence-electron chi connectivity index (χ0n) is 10.1. The fourth-order valence-electron chi connectivity index (χ4n) is 2.54. The molecule has 2 N–H and O–H groups in total. The summed E-state index contributed by atoms with van der Waals surface area (Å²) in [6, 6.07) is 7.87. The van der Waals surface area contributed by atoms with Crippen molar-refractivity contribution in [3.63, 3.8) is 0 Å². The number of aliphatic hydroxyl groups is 1. The van der Waals surface area contributed by atoms with E-state index in [1.165, 1.54) is 19.3 Å². The highest BCUT2D eigenvalue weighted by molar-refractivity contribution is 6.31. The summed E-state index contributed by atoms with van der Waals surface area (Å²) in [5.74, 6) is 0. The van der Waals surface area contributed by atoms with E-state index in [9.17, 15) is 5.11 Å². The third kappa shape index (κ3) is 3.21. The van der Waals surface area contributed by atoms with E-state index >= 15 is 0 Å². The average molecular weight is 254 g/mol. The lowest BCUT2D eigenvalue weighted by atomic mass is 9.82. The molecule has 1 aromatic carbocycles. The molecular weight excluding hydrogens is 234 g/mol. The van der Waals surface area contributed by atoms with Crippen molar-refractivity contribution in [1.82, 2.24) is 5.32 Å². The number of aliphatic hydroxyl groups excluding tert-OH is 1. The van der Waals surface area contributed by atoms with Crippen molar-refractivity contribution in [3.8, 4) is 0 Å². The molecule has 2 nitrogen and oxygen atoms in total. The molecule has 1 aliphatic rings. The highest BCUT2D eigenvalue weighted by Crippen LogP contribution is 2.28. The highest BCUT2D eigenvalue weighted by atomic mass is 35.5. The van der Waals surface area contributed by atoms with Gasteiger partial charge in [-0.1, -0.05) is 49.1 Å². The first kappa shape index (κ1) is 12.9. The number of rotatable bonds is 4. The van der Waals surface area contributed by atoms with E-state index in [1.807, 2.05) is 24.3 Å². The van der Waals surface area contributed by atoms with E-state index in [0.717, 1.165) is 30.0 Å². The van der Waals surface area contributed by atoms with Crippen LogP contribution in [0, 0.1) is 0 Å². The number of halogens is 1. The van der Waals surface area contributed by atoms with Crippen LogP contribution in [0.15, 0.2) is 24.3 Å². The van der Waals surface area contributed by atoms with Crippen molar-refractivity contribution in [2.45, 2.75) is 44.2 Å². The molecule has 1 saturated carbocycles. The molecule has 2 rings (SSSR count). The molecule has 1 aromatic rings. The molecule has 0 heterocycles. The minimum atomic E-state index is -0.0859. The summed E-state index contributed by atoms with van der Waals surface area (Å²) >= 11 is 6.13. The van der Waals surface area contributed by atoms with E-state index in [4.69, 9.17) is 11.6 Å². The Morgan fingerprint density at radius 1 is 1.18 bits per heavy atom. The van der Waals surface area contributed by atoms with Crippen molar-refractivity contribution in [2.24, 2.45) is 0 Å². The van der Waals surface area contributed by atoms with Gasteiger partial charge < -0.3 is 10.4 Å². The van der Waals surface area contributed by atoms with Crippen LogP contribution >= 0.6 is 11.6 Å². The van der Waals surface area contributed by atoms with Crippen LogP contribution in [0.4, 0.5) is 0 Å². The van der Waals surface area contributed by atoms with Crippen LogP contribution in [0.25, 0.3) is 0 Å². The summed E-state index contributed by atoms with van der Waals surface area (Å²) in [5.41, 5.74) is 1.02. The zero-order valence-corrected chi connectivity index (χ0v) is 10.8. The van der Waals surface area contributed by atoms with Crippen LogP contribution < -0.4 is 5.32 Å². The van der Waals surface area contributed by atoms with Crippen molar-refractivity contribution < 1.29 is 5.11 Å². The topological polar surface area (TPSA) is 32.3 Å². The van der Waals surface area contributed by atoms with Gasteiger partial charge in [-0.3, -0.25) is 0 Å². The molecule has 0 unspecified atom stereocenters. The second-order valence-electron chi connectivity index (χ2n) is 4.94. The van der Waals surface area contributed by atoms with Gasteiger partial charge in [-0.2, -0.15) is 0 Å². The van der Waals surface area contributed by atoms with Crippen LogP contribution in [0.5, 0.6) is 0 Å². The Morgan fingerprint density at radius 2 is 1.88 bits per heavy atom. The molecule has 0 atom stereocenters. The average Bonchev–Trinajstić information content (AvgIpc) is 2.39. The van der Waals surface area contributed by atoms with Crippen molar-refractivity contribution >= 4 is 11.6 Å². The highest BCUT2D eigenvalue weighted by Gasteiger charge is 2.30. The van der Waals surface area contributed by atoms with E-state index in [2.05, 4.69) is 5.32 Å². The van der Waals surface area contributed by atoms with Crippen molar-refractivity contribution in [1.29, 1.82) is 0 Å². The first-order valence-corrected chi connectivity index (χ1v) is 6.73. The smallest absolute Gasteiger partial charge is 0.0613 e. The lowest BCUT2D eigenvalue weighted by molar-refractivity contribution is 0.119. The standard InChI is InChI=1S/C14H20ClNO/c15-13-7-3-2-6-12(13)10-16-14(11-17)8-4-1-5-9-14/h2-3,6-7,16-17H,1,4-5,8-11H2. The van der Waals surface area contributed by atoms with E-state index in [-0.39, 0.29) is 12.1 Å². The monoisotopic (exact) mass is 253 g/mol. The fourth-order valence-corrected chi connectivity index (χ4v) is 2.75. The van der Waals surface area contributed by atoms with Crippen LogP contribution in [0.3, 0.4) is 0 Å². The minimum Gasteiger partial charge on any atom is -0.394 e. The number of hydrogen-bond acceptors (Lipinski definition) is 2. The third-order valence-corrected chi connectivity index (χ3v) is 4.09. The second-order valence-corrected chi connectivity index (χ2v) is 5.35. The lowest BCUT2D eigenvalue weighted by Gasteiger charge is -2.36. The van der Waals surface area contributed by atoms with Crippen LogP contribution in [-0.4, -0.2) is 17.3 Å². The van der Waals surface area contributed by atoms with E-state index < -0.39 is 0 Å². The van der Waals surface area contributed by atoms with Gasteiger partial charge in [0.05, 0.1) is 6.61 Å². The Hall–Kier alpha value is -0.570. The Kier molecular flexibility index (Phi) is 4.43. The number of nitrogens with one attached hydrogen (secondary N) is 1. The number of benzene rings is 1. The Labute approximate surface area is 108 Å². The molecule has 0 saturated heterocycles. The molecule has 17 heavy (non-hydrogen) atoms. The normalized spacial score (nSPS) is 19.2. The maximum Gasteiger partial charge on any atom is 0.0613 e. The van der Waals surface area contributed by atoms with Gasteiger partial charge in [0.25, 0.3) is 0 Å². The summed E-state index contributed by atoms with van der Waals surface area (Å²) in [7, 11) is 0. The fraction of sp³-hybridized carbons (Fsp3) is 0.571. The minimum absolute atomic E-state index is 0.0859. The molecule has 0 amide bonds. The first-order valence-electron chi connectivity index (χ1n) is 6.35. The molecule has 0 aliphatic heterocycles. The van der Waals surface area contributed by atoms with Gasteiger partial charge in [0.2, 0.25) is 0 Å². The zero-order chi connectivity index (χ0) is 12.1. The van der Waals surface area contributed by atoms with Gasteiger partial charge in [-0.15, -0.1) is 0 Å². The summed E-state index contributed by atoms with van der Waals surface area (Å²) in [6.45, 7) is 0.956. The van der Waals surface area contributed by atoms with Crippen LogP contribution in [0.1, 0.15) is 37.7 Å². The van der Waals surface area contributed by atoms with Gasteiger partial charge in [0.1, 0.15) is 0 Å². The van der Waals surface area contributed by atoms with Gasteiger partial charge in [0.15, 0.2) is 0 Å². The molecule has 0 aromatic heterocycles. The van der Waals surface area contributed by atoms with Gasteiger partial charge in [0, 0.05) is 17.1 Å².